The Morgan fingerprint density at radius 3 is 2.59 bits per heavy atom. The molecule has 176 valence electrons. The number of carboxylic acid groups (broad SMARTS) is 1. The van der Waals surface area contributed by atoms with Crippen molar-refractivity contribution in [1.29, 1.82) is 0 Å². The maximum Gasteiger partial charge on any atom is 0.407 e. The molecular formula is C23H19F3N4O4. The molecule has 3 heterocycles. The third-order valence-corrected chi connectivity index (χ3v) is 6.27. The zero-order valence-electron chi connectivity index (χ0n) is 17.7. The van der Waals surface area contributed by atoms with E-state index in [1.54, 1.807) is 17.0 Å². The summed E-state index contributed by atoms with van der Waals surface area (Å²) in [5.41, 5.74) is 2.01. The number of halogens is 3. The van der Waals surface area contributed by atoms with Crippen LogP contribution in [0.2, 0.25) is 0 Å². The Morgan fingerprint density at radius 1 is 1.15 bits per heavy atom. The SMILES string of the molecule is O=C1c2cc(-c3nnc(C(F)F)o3)ccc2CN1[C@@H]1CCCN(C(=O)O)[C@@H]1c1ccc(F)cc1. The zero-order chi connectivity index (χ0) is 24.0. The standard InChI is InChI=1S/C23H19F3N4O4/c24-15-7-5-12(6-8-15)18-17(2-1-9-29(18)23(32)33)30-11-14-4-3-13(10-16(14)22(30)31)20-27-28-21(34-20)19(25)26/h3-8,10,17-19H,1-2,9,11H2,(H,32,33)/t17-,18-/m1/s1. The predicted octanol–water partition coefficient (Wildman–Crippen LogP) is 4.65. The van der Waals surface area contributed by atoms with Crippen molar-refractivity contribution in [3.8, 4) is 11.5 Å². The number of aromatic nitrogens is 2. The van der Waals surface area contributed by atoms with E-state index in [0.29, 0.717) is 41.6 Å². The number of fused-ring (bicyclic) bond motifs is 1. The minimum Gasteiger partial charge on any atom is -0.465 e. The molecule has 0 bridgehead atoms. The normalized spacial score (nSPS) is 20.2. The fraction of sp³-hybridized carbons (Fsp3) is 0.304. The lowest BCUT2D eigenvalue weighted by molar-refractivity contribution is 0.0326. The molecule has 2 aliphatic heterocycles. The Kier molecular flexibility index (Phi) is 5.46. The molecule has 8 nitrogen and oxygen atoms in total. The minimum absolute atomic E-state index is 0.122. The van der Waals surface area contributed by atoms with E-state index in [0.717, 1.165) is 0 Å². The van der Waals surface area contributed by atoms with Crippen molar-refractivity contribution in [2.24, 2.45) is 0 Å². The Morgan fingerprint density at radius 2 is 1.91 bits per heavy atom. The summed E-state index contributed by atoms with van der Waals surface area (Å²) < 4.78 is 44.1. The molecule has 1 saturated heterocycles. The first kappa shape index (κ1) is 21.9. The van der Waals surface area contributed by atoms with Crippen LogP contribution >= 0.6 is 0 Å². The topological polar surface area (TPSA) is 99.8 Å². The van der Waals surface area contributed by atoms with E-state index in [9.17, 15) is 27.9 Å². The molecule has 2 aliphatic rings. The summed E-state index contributed by atoms with van der Waals surface area (Å²) in [6.07, 6.45) is -2.88. The van der Waals surface area contributed by atoms with Crippen molar-refractivity contribution in [1.82, 2.24) is 20.0 Å². The number of nitrogens with zero attached hydrogens (tertiary/aromatic N) is 4. The molecule has 0 aliphatic carbocycles. The summed E-state index contributed by atoms with van der Waals surface area (Å²) in [6.45, 7) is 0.563. The maximum absolute atomic E-state index is 13.5. The number of hydrogen-bond donors (Lipinski definition) is 1. The first-order chi connectivity index (χ1) is 16.3. The van der Waals surface area contributed by atoms with Crippen LogP contribution in [0.25, 0.3) is 11.5 Å². The molecule has 1 fully saturated rings. The number of likely N-dealkylation sites (tertiary alicyclic amines) is 1. The summed E-state index contributed by atoms with van der Waals surface area (Å²) in [5, 5.41) is 16.7. The van der Waals surface area contributed by atoms with Crippen LogP contribution in [-0.2, 0) is 6.54 Å². The Labute approximate surface area is 191 Å². The summed E-state index contributed by atoms with van der Waals surface area (Å²) in [4.78, 5) is 28.3. The van der Waals surface area contributed by atoms with Gasteiger partial charge in [0.2, 0.25) is 5.89 Å². The van der Waals surface area contributed by atoms with E-state index >= 15 is 0 Å². The molecule has 11 heteroatoms. The molecule has 34 heavy (non-hydrogen) atoms. The highest BCUT2D eigenvalue weighted by molar-refractivity contribution is 5.99. The number of carbonyl (C=O) groups excluding carboxylic acids is 1. The van der Waals surface area contributed by atoms with Crippen LogP contribution in [-0.4, -0.2) is 49.7 Å². The Balaban J connectivity index is 1.47. The highest BCUT2D eigenvalue weighted by atomic mass is 19.3. The van der Waals surface area contributed by atoms with Crippen LogP contribution in [0.5, 0.6) is 0 Å². The van der Waals surface area contributed by atoms with Crippen LogP contribution in [0.3, 0.4) is 0 Å². The summed E-state index contributed by atoms with van der Waals surface area (Å²) in [5.74, 6) is -1.68. The molecule has 3 aromatic rings. The van der Waals surface area contributed by atoms with Gasteiger partial charge in [0.1, 0.15) is 5.82 Å². The molecule has 0 spiro atoms. The fourth-order valence-electron chi connectivity index (χ4n) is 4.74. The molecule has 1 aromatic heterocycles. The van der Waals surface area contributed by atoms with Gasteiger partial charge in [0.05, 0.1) is 12.1 Å². The monoisotopic (exact) mass is 472 g/mol. The highest BCUT2D eigenvalue weighted by Crippen LogP contribution is 2.39. The molecular weight excluding hydrogens is 453 g/mol. The molecule has 0 saturated carbocycles. The van der Waals surface area contributed by atoms with Gasteiger partial charge < -0.3 is 14.4 Å². The van der Waals surface area contributed by atoms with Gasteiger partial charge in [-0.25, -0.2) is 9.18 Å². The van der Waals surface area contributed by atoms with Gasteiger partial charge in [0.15, 0.2) is 0 Å². The average Bonchev–Trinajstić information content (AvgIpc) is 3.44. The van der Waals surface area contributed by atoms with Gasteiger partial charge in [-0.2, -0.15) is 8.78 Å². The van der Waals surface area contributed by atoms with Crippen LogP contribution in [0.15, 0.2) is 46.9 Å². The number of alkyl halides is 2. The van der Waals surface area contributed by atoms with Gasteiger partial charge in [0.25, 0.3) is 11.8 Å². The van der Waals surface area contributed by atoms with Crippen LogP contribution in [0, 0.1) is 5.82 Å². The summed E-state index contributed by atoms with van der Waals surface area (Å²) in [7, 11) is 0. The largest absolute Gasteiger partial charge is 0.465 e. The fourth-order valence-corrected chi connectivity index (χ4v) is 4.74. The van der Waals surface area contributed by atoms with Gasteiger partial charge in [-0.1, -0.05) is 18.2 Å². The number of rotatable bonds is 4. The van der Waals surface area contributed by atoms with E-state index in [-0.39, 0.29) is 18.3 Å². The maximum atomic E-state index is 13.5. The molecule has 0 radical (unpaired) electrons. The zero-order valence-corrected chi connectivity index (χ0v) is 17.7. The van der Waals surface area contributed by atoms with Crippen LogP contribution in [0.4, 0.5) is 18.0 Å². The lowest BCUT2D eigenvalue weighted by Gasteiger charge is -2.44. The number of piperidine rings is 1. The minimum atomic E-state index is -2.90. The predicted molar refractivity (Wildman–Crippen MR) is 111 cm³/mol. The van der Waals surface area contributed by atoms with E-state index in [1.807, 2.05) is 0 Å². The highest BCUT2D eigenvalue weighted by Gasteiger charge is 2.43. The molecule has 5 rings (SSSR count). The van der Waals surface area contributed by atoms with Crippen molar-refractivity contribution < 1.29 is 32.3 Å². The number of carbonyl (C=O) groups is 2. The van der Waals surface area contributed by atoms with Gasteiger partial charge in [-0.3, -0.25) is 9.69 Å². The third kappa shape index (κ3) is 3.76. The second kappa shape index (κ2) is 8.47. The van der Waals surface area contributed by atoms with E-state index in [4.69, 9.17) is 4.42 Å². The molecule has 0 unspecified atom stereocenters. The molecule has 1 N–H and O–H groups in total. The van der Waals surface area contributed by atoms with Gasteiger partial charge >= 0.3 is 12.5 Å². The van der Waals surface area contributed by atoms with Crippen molar-refractivity contribution >= 4 is 12.0 Å². The van der Waals surface area contributed by atoms with E-state index in [2.05, 4.69) is 10.2 Å². The lowest BCUT2D eigenvalue weighted by atomic mass is 9.89. The quantitative estimate of drug-likeness (QED) is 0.593. The molecule has 2 atom stereocenters. The average molecular weight is 472 g/mol. The van der Waals surface area contributed by atoms with Crippen LogP contribution < -0.4 is 0 Å². The van der Waals surface area contributed by atoms with Crippen molar-refractivity contribution in [3.05, 3.63) is 70.9 Å². The Bertz CT molecular complexity index is 1250. The van der Waals surface area contributed by atoms with Gasteiger partial charge in [-0.15, -0.1) is 10.2 Å². The molecule has 2 aromatic carbocycles. The van der Waals surface area contributed by atoms with E-state index < -0.39 is 36.3 Å². The number of amides is 2. The summed E-state index contributed by atoms with van der Waals surface area (Å²) in [6, 6.07) is 9.32. The van der Waals surface area contributed by atoms with Crippen molar-refractivity contribution in [3.63, 3.8) is 0 Å². The second-order valence-corrected chi connectivity index (χ2v) is 8.23. The third-order valence-electron chi connectivity index (χ3n) is 6.27. The second-order valence-electron chi connectivity index (χ2n) is 8.23. The number of benzene rings is 2. The lowest BCUT2D eigenvalue weighted by Crippen LogP contribution is -2.51. The van der Waals surface area contributed by atoms with Gasteiger partial charge in [0, 0.05) is 24.2 Å². The number of hydrogen-bond acceptors (Lipinski definition) is 5. The smallest absolute Gasteiger partial charge is 0.407 e. The Hall–Kier alpha value is -3.89. The first-order valence-corrected chi connectivity index (χ1v) is 10.6. The molecule has 2 amide bonds. The van der Waals surface area contributed by atoms with Crippen molar-refractivity contribution in [2.75, 3.05) is 6.54 Å². The van der Waals surface area contributed by atoms with E-state index in [1.165, 1.54) is 35.2 Å². The van der Waals surface area contributed by atoms with Gasteiger partial charge in [-0.05, 0) is 48.2 Å². The van der Waals surface area contributed by atoms with Crippen LogP contribution in [0.1, 0.15) is 52.7 Å². The first-order valence-electron chi connectivity index (χ1n) is 10.6. The summed E-state index contributed by atoms with van der Waals surface area (Å²) >= 11 is 0. The van der Waals surface area contributed by atoms with Crippen molar-refractivity contribution in [2.45, 2.75) is 37.9 Å².